The van der Waals surface area contributed by atoms with Crippen molar-refractivity contribution in [3.63, 3.8) is 0 Å². The maximum atomic E-state index is 13.4. The van der Waals surface area contributed by atoms with Gasteiger partial charge in [-0.3, -0.25) is 24.5 Å². The van der Waals surface area contributed by atoms with Crippen molar-refractivity contribution >= 4 is 29.4 Å². The lowest BCUT2D eigenvalue weighted by atomic mass is 9.95. The molecule has 36 heavy (non-hydrogen) atoms. The minimum atomic E-state index is -0.713. The molecule has 2 N–H and O–H groups in total. The highest BCUT2D eigenvalue weighted by Gasteiger charge is 2.52. The van der Waals surface area contributed by atoms with E-state index in [1.54, 1.807) is 41.0 Å². The lowest BCUT2D eigenvalue weighted by Crippen LogP contribution is -2.60. The summed E-state index contributed by atoms with van der Waals surface area (Å²) in [6.07, 6.45) is 1.52. The van der Waals surface area contributed by atoms with E-state index in [2.05, 4.69) is 10.6 Å². The van der Waals surface area contributed by atoms with Crippen LogP contribution in [0.5, 0.6) is 0 Å². The largest absolute Gasteiger partial charge is 0.465 e. The Morgan fingerprint density at radius 3 is 2.33 bits per heavy atom. The fourth-order valence-electron chi connectivity index (χ4n) is 4.99. The van der Waals surface area contributed by atoms with Gasteiger partial charge in [-0.15, -0.1) is 0 Å². The van der Waals surface area contributed by atoms with Crippen LogP contribution in [-0.4, -0.2) is 71.4 Å². The summed E-state index contributed by atoms with van der Waals surface area (Å²) in [6, 6.07) is 16.1. The number of esters is 1. The molecule has 2 saturated heterocycles. The van der Waals surface area contributed by atoms with Gasteiger partial charge in [-0.1, -0.05) is 30.3 Å². The maximum absolute atomic E-state index is 13.4. The van der Waals surface area contributed by atoms with Gasteiger partial charge in [-0.2, -0.15) is 0 Å². The summed E-state index contributed by atoms with van der Waals surface area (Å²) < 4.78 is 5.14. The Labute approximate surface area is 210 Å². The molecule has 2 aliphatic heterocycles. The minimum absolute atomic E-state index is 0.110. The molecule has 0 radical (unpaired) electrons. The molecule has 1 unspecified atom stereocenters. The van der Waals surface area contributed by atoms with Crippen molar-refractivity contribution < 1.29 is 23.9 Å². The molecule has 2 fully saturated rings. The van der Waals surface area contributed by atoms with Gasteiger partial charge >= 0.3 is 5.97 Å². The molecule has 190 valence electrons. The second-order valence-electron chi connectivity index (χ2n) is 9.20. The van der Waals surface area contributed by atoms with Crippen LogP contribution in [0.25, 0.3) is 0 Å². The molecule has 0 bridgehead atoms. The smallest absolute Gasteiger partial charge is 0.325 e. The van der Waals surface area contributed by atoms with Crippen LogP contribution in [0.15, 0.2) is 54.6 Å². The number of likely N-dealkylation sites (tertiary alicyclic amines) is 1. The van der Waals surface area contributed by atoms with E-state index in [-0.39, 0.29) is 30.9 Å². The van der Waals surface area contributed by atoms with Crippen molar-refractivity contribution in [2.45, 2.75) is 44.8 Å². The predicted octanol–water partition coefficient (Wildman–Crippen LogP) is 2.18. The van der Waals surface area contributed by atoms with Crippen molar-refractivity contribution in [2.24, 2.45) is 0 Å². The van der Waals surface area contributed by atoms with Gasteiger partial charge < -0.3 is 19.9 Å². The first-order valence-electron chi connectivity index (χ1n) is 12.3. The third kappa shape index (κ3) is 5.57. The van der Waals surface area contributed by atoms with Crippen LogP contribution in [0.2, 0.25) is 0 Å². The number of piperidine rings is 1. The first-order chi connectivity index (χ1) is 17.3. The number of hydrogen-bond acceptors (Lipinski definition) is 6. The van der Waals surface area contributed by atoms with Crippen molar-refractivity contribution in [1.29, 1.82) is 0 Å². The number of nitrogens with zero attached hydrogens (tertiary/aromatic N) is 2. The van der Waals surface area contributed by atoms with E-state index >= 15 is 0 Å². The summed E-state index contributed by atoms with van der Waals surface area (Å²) in [7, 11) is 0. The molecule has 2 aromatic carbocycles. The van der Waals surface area contributed by atoms with Crippen LogP contribution in [0.3, 0.4) is 0 Å². The van der Waals surface area contributed by atoms with E-state index in [0.717, 1.165) is 5.56 Å². The lowest BCUT2D eigenvalue weighted by Gasteiger charge is -2.44. The average Bonchev–Trinajstić information content (AvgIpc) is 3.10. The molecule has 0 saturated carbocycles. The normalized spacial score (nSPS) is 18.8. The van der Waals surface area contributed by atoms with Gasteiger partial charge in [0.2, 0.25) is 11.8 Å². The summed E-state index contributed by atoms with van der Waals surface area (Å²) in [5, 5.41) is 6.21. The number of ether oxygens (including phenoxy) is 1. The molecule has 9 nitrogen and oxygen atoms in total. The van der Waals surface area contributed by atoms with Crippen LogP contribution in [0.4, 0.5) is 5.69 Å². The Bertz CT molecular complexity index is 1110. The highest BCUT2D eigenvalue weighted by molar-refractivity contribution is 5.95. The highest BCUT2D eigenvalue weighted by Crippen LogP contribution is 2.34. The number of hydrogen-bond donors (Lipinski definition) is 2. The molecule has 3 amide bonds. The van der Waals surface area contributed by atoms with E-state index in [9.17, 15) is 19.2 Å². The van der Waals surface area contributed by atoms with E-state index in [0.29, 0.717) is 43.6 Å². The molecular formula is C27H32N4O5. The molecule has 0 aliphatic carbocycles. The second kappa shape index (κ2) is 10.9. The number of nitrogens with one attached hydrogen (secondary N) is 2. The van der Waals surface area contributed by atoms with Crippen LogP contribution >= 0.6 is 0 Å². The first-order valence-corrected chi connectivity index (χ1v) is 12.3. The standard InChI is InChI=1S/C27H32N4O5/c1-3-36-24(33)18-31-26(35)23(17-20-7-5-4-6-8-20)29-27(31)13-15-30(16-14-27)25(34)21-9-11-22(12-10-21)28-19(2)32/h4-12,23,29H,3,13-18H2,1-2H3,(H,28,32). The monoisotopic (exact) mass is 492 g/mol. The molecule has 1 atom stereocenters. The average molecular weight is 493 g/mol. The zero-order valence-electron chi connectivity index (χ0n) is 20.7. The number of carbonyl (C=O) groups excluding carboxylic acids is 4. The first kappa shape index (κ1) is 25.4. The number of anilines is 1. The van der Waals surface area contributed by atoms with Crippen LogP contribution < -0.4 is 10.6 Å². The molecule has 1 spiro atoms. The van der Waals surface area contributed by atoms with E-state index < -0.39 is 17.7 Å². The second-order valence-corrected chi connectivity index (χ2v) is 9.20. The summed E-state index contributed by atoms with van der Waals surface area (Å²) in [5.41, 5.74) is 1.48. The summed E-state index contributed by atoms with van der Waals surface area (Å²) in [6.45, 7) is 4.16. The van der Waals surface area contributed by atoms with Gasteiger partial charge in [0.05, 0.1) is 18.3 Å². The molecule has 2 aromatic rings. The van der Waals surface area contributed by atoms with Gasteiger partial charge in [0.1, 0.15) is 6.54 Å². The number of carbonyl (C=O) groups is 4. The topological polar surface area (TPSA) is 108 Å². The van der Waals surface area contributed by atoms with Crippen molar-refractivity contribution in [1.82, 2.24) is 15.1 Å². The van der Waals surface area contributed by atoms with Gasteiger partial charge in [0.25, 0.3) is 5.91 Å². The van der Waals surface area contributed by atoms with Crippen LogP contribution in [-0.2, 0) is 25.5 Å². The predicted molar refractivity (Wildman–Crippen MR) is 134 cm³/mol. The molecule has 0 aromatic heterocycles. The Balaban J connectivity index is 1.47. The zero-order valence-corrected chi connectivity index (χ0v) is 20.7. The maximum Gasteiger partial charge on any atom is 0.325 e. The fourth-order valence-corrected chi connectivity index (χ4v) is 4.99. The Morgan fingerprint density at radius 1 is 1.06 bits per heavy atom. The molecular weight excluding hydrogens is 460 g/mol. The van der Waals surface area contributed by atoms with E-state index in [1.807, 2.05) is 30.3 Å². The molecule has 2 aliphatic rings. The summed E-state index contributed by atoms with van der Waals surface area (Å²) in [5.74, 6) is -0.848. The van der Waals surface area contributed by atoms with Gasteiger partial charge in [0.15, 0.2) is 0 Å². The van der Waals surface area contributed by atoms with E-state index in [1.165, 1.54) is 6.92 Å². The Kier molecular flexibility index (Phi) is 7.69. The van der Waals surface area contributed by atoms with Crippen LogP contribution in [0.1, 0.15) is 42.6 Å². The lowest BCUT2D eigenvalue weighted by molar-refractivity contribution is -0.151. The zero-order chi connectivity index (χ0) is 25.7. The molecule has 9 heteroatoms. The summed E-state index contributed by atoms with van der Waals surface area (Å²) >= 11 is 0. The number of benzene rings is 2. The minimum Gasteiger partial charge on any atom is -0.465 e. The Morgan fingerprint density at radius 2 is 1.72 bits per heavy atom. The quantitative estimate of drug-likeness (QED) is 0.574. The summed E-state index contributed by atoms with van der Waals surface area (Å²) in [4.78, 5) is 53.5. The number of amides is 3. The van der Waals surface area contributed by atoms with Crippen molar-refractivity contribution in [3.05, 3.63) is 65.7 Å². The molecule has 2 heterocycles. The highest BCUT2D eigenvalue weighted by atomic mass is 16.5. The van der Waals surface area contributed by atoms with Crippen LogP contribution in [0, 0.1) is 0 Å². The Hall–Kier alpha value is -3.72. The number of rotatable bonds is 7. The third-order valence-corrected chi connectivity index (χ3v) is 6.73. The van der Waals surface area contributed by atoms with E-state index in [4.69, 9.17) is 4.74 Å². The van der Waals surface area contributed by atoms with Gasteiger partial charge in [-0.05, 0) is 43.2 Å². The van der Waals surface area contributed by atoms with Gasteiger partial charge in [0, 0.05) is 44.1 Å². The van der Waals surface area contributed by atoms with Gasteiger partial charge in [-0.25, -0.2) is 0 Å². The third-order valence-electron chi connectivity index (χ3n) is 6.73. The SMILES string of the molecule is CCOC(=O)CN1C(=O)C(Cc2ccccc2)NC12CCN(C(=O)c1ccc(NC(C)=O)cc1)CC2. The fraction of sp³-hybridized carbons (Fsp3) is 0.407. The molecule has 4 rings (SSSR count). The van der Waals surface area contributed by atoms with Crippen molar-refractivity contribution in [3.8, 4) is 0 Å². The van der Waals surface area contributed by atoms with Crippen molar-refractivity contribution in [2.75, 3.05) is 31.6 Å².